The number of carbonyl (C=O) groups excluding carboxylic acids is 1. The first kappa shape index (κ1) is 25.1. The standard InChI is InChI=1S/C26H34N2O4/c1-4-21(3)20-32-25-16-12-23(13-17-25)28-27-22-10-14-24(15-11-22)30-18-8-6-7-9-19-31-26(29)5-2/h5,10-17,21H,2,4,6-9,18-20H2,1,3H3. The second kappa shape index (κ2) is 14.8. The summed E-state index contributed by atoms with van der Waals surface area (Å²) in [6.45, 7) is 9.52. The molecule has 32 heavy (non-hydrogen) atoms. The third kappa shape index (κ3) is 10.2. The summed E-state index contributed by atoms with van der Waals surface area (Å²) in [7, 11) is 0. The quantitative estimate of drug-likeness (QED) is 0.128. The number of nitrogens with zero attached hydrogens (tertiary/aromatic N) is 2. The minimum absolute atomic E-state index is 0.365. The van der Waals surface area contributed by atoms with Crippen LogP contribution in [0, 0.1) is 5.92 Å². The van der Waals surface area contributed by atoms with Crippen molar-refractivity contribution in [2.75, 3.05) is 19.8 Å². The number of benzene rings is 2. The van der Waals surface area contributed by atoms with Crippen LogP contribution in [0.5, 0.6) is 11.5 Å². The molecule has 1 unspecified atom stereocenters. The van der Waals surface area contributed by atoms with E-state index >= 15 is 0 Å². The van der Waals surface area contributed by atoms with Crippen molar-refractivity contribution >= 4 is 17.3 Å². The molecule has 0 aliphatic heterocycles. The molecule has 0 saturated carbocycles. The van der Waals surface area contributed by atoms with E-state index in [2.05, 4.69) is 30.7 Å². The van der Waals surface area contributed by atoms with Gasteiger partial charge in [0.05, 0.1) is 31.2 Å². The van der Waals surface area contributed by atoms with Crippen LogP contribution in [0.25, 0.3) is 0 Å². The van der Waals surface area contributed by atoms with Crippen LogP contribution in [0.2, 0.25) is 0 Å². The molecule has 1 atom stereocenters. The predicted octanol–water partition coefficient (Wildman–Crippen LogP) is 7.20. The molecule has 0 radical (unpaired) electrons. The first-order chi connectivity index (χ1) is 15.6. The molecule has 0 aliphatic rings. The molecular formula is C26H34N2O4. The Morgan fingerprint density at radius 3 is 1.94 bits per heavy atom. The highest BCUT2D eigenvalue weighted by atomic mass is 16.5. The van der Waals surface area contributed by atoms with Crippen LogP contribution in [0.1, 0.15) is 46.0 Å². The Morgan fingerprint density at radius 1 is 0.875 bits per heavy atom. The lowest BCUT2D eigenvalue weighted by atomic mass is 10.1. The number of azo groups is 1. The van der Waals surface area contributed by atoms with Gasteiger partial charge < -0.3 is 14.2 Å². The van der Waals surface area contributed by atoms with Crippen molar-refractivity contribution in [1.29, 1.82) is 0 Å². The molecule has 0 amide bonds. The van der Waals surface area contributed by atoms with Gasteiger partial charge in [0.15, 0.2) is 0 Å². The molecule has 0 spiro atoms. The Kier molecular flexibility index (Phi) is 11.6. The van der Waals surface area contributed by atoms with Gasteiger partial charge in [-0.25, -0.2) is 4.79 Å². The number of hydrogen-bond donors (Lipinski definition) is 0. The average molecular weight is 439 g/mol. The van der Waals surface area contributed by atoms with E-state index in [-0.39, 0.29) is 5.97 Å². The van der Waals surface area contributed by atoms with Gasteiger partial charge in [0, 0.05) is 6.08 Å². The van der Waals surface area contributed by atoms with Crippen LogP contribution >= 0.6 is 0 Å². The predicted molar refractivity (Wildman–Crippen MR) is 127 cm³/mol. The van der Waals surface area contributed by atoms with E-state index in [1.165, 1.54) is 6.08 Å². The van der Waals surface area contributed by atoms with E-state index in [0.29, 0.717) is 19.1 Å². The molecule has 6 heteroatoms. The Morgan fingerprint density at radius 2 is 1.41 bits per heavy atom. The average Bonchev–Trinajstić information content (AvgIpc) is 2.84. The Balaban J connectivity index is 1.65. The van der Waals surface area contributed by atoms with E-state index in [0.717, 1.165) is 61.6 Å². The van der Waals surface area contributed by atoms with Crippen molar-refractivity contribution in [3.63, 3.8) is 0 Å². The molecule has 0 aliphatic carbocycles. The second-order valence-electron chi connectivity index (χ2n) is 7.65. The monoisotopic (exact) mass is 438 g/mol. The topological polar surface area (TPSA) is 69.5 Å². The lowest BCUT2D eigenvalue weighted by Gasteiger charge is -2.10. The molecule has 2 aromatic rings. The molecular weight excluding hydrogens is 404 g/mol. The Bertz CT molecular complexity index is 832. The first-order valence-corrected chi connectivity index (χ1v) is 11.3. The number of unbranched alkanes of at least 4 members (excludes halogenated alkanes) is 3. The number of esters is 1. The molecule has 172 valence electrons. The van der Waals surface area contributed by atoms with Gasteiger partial charge in [-0.2, -0.15) is 10.2 Å². The third-order valence-corrected chi connectivity index (χ3v) is 4.90. The fraction of sp³-hybridized carbons (Fsp3) is 0.423. The lowest BCUT2D eigenvalue weighted by Crippen LogP contribution is -2.06. The van der Waals surface area contributed by atoms with Crippen molar-refractivity contribution in [2.45, 2.75) is 46.0 Å². The maximum absolute atomic E-state index is 10.9. The van der Waals surface area contributed by atoms with E-state index in [1.807, 2.05) is 48.5 Å². The summed E-state index contributed by atoms with van der Waals surface area (Å²) < 4.78 is 16.5. The van der Waals surface area contributed by atoms with Crippen LogP contribution in [0.4, 0.5) is 11.4 Å². The number of rotatable bonds is 15. The van der Waals surface area contributed by atoms with Gasteiger partial charge in [0.25, 0.3) is 0 Å². The van der Waals surface area contributed by atoms with Gasteiger partial charge in [-0.1, -0.05) is 26.8 Å². The van der Waals surface area contributed by atoms with Crippen LogP contribution in [-0.2, 0) is 9.53 Å². The van der Waals surface area contributed by atoms with Crippen molar-refractivity contribution in [2.24, 2.45) is 16.1 Å². The van der Waals surface area contributed by atoms with Crippen LogP contribution in [-0.4, -0.2) is 25.8 Å². The summed E-state index contributed by atoms with van der Waals surface area (Å²) in [5.41, 5.74) is 1.55. The molecule has 0 fully saturated rings. The van der Waals surface area contributed by atoms with Crippen LogP contribution in [0.3, 0.4) is 0 Å². The maximum Gasteiger partial charge on any atom is 0.330 e. The van der Waals surface area contributed by atoms with Gasteiger partial charge in [-0.3, -0.25) is 0 Å². The van der Waals surface area contributed by atoms with Crippen molar-refractivity contribution in [3.8, 4) is 11.5 Å². The number of hydrogen-bond acceptors (Lipinski definition) is 6. The maximum atomic E-state index is 10.9. The Hall–Kier alpha value is -3.15. The van der Waals surface area contributed by atoms with Gasteiger partial charge in [0.1, 0.15) is 11.5 Å². The van der Waals surface area contributed by atoms with E-state index in [4.69, 9.17) is 14.2 Å². The summed E-state index contributed by atoms with van der Waals surface area (Å²) in [6.07, 6.45) is 6.12. The number of carbonyl (C=O) groups is 1. The fourth-order valence-electron chi connectivity index (χ4n) is 2.67. The summed E-state index contributed by atoms with van der Waals surface area (Å²) in [5.74, 6) is 1.84. The largest absolute Gasteiger partial charge is 0.494 e. The molecule has 6 nitrogen and oxygen atoms in total. The fourth-order valence-corrected chi connectivity index (χ4v) is 2.67. The van der Waals surface area contributed by atoms with Crippen molar-refractivity contribution in [1.82, 2.24) is 0 Å². The number of ether oxygens (including phenoxy) is 3. The summed E-state index contributed by atoms with van der Waals surface area (Å²) in [6, 6.07) is 15.2. The molecule has 0 bridgehead atoms. The van der Waals surface area contributed by atoms with Gasteiger partial charge >= 0.3 is 5.97 Å². The zero-order valence-corrected chi connectivity index (χ0v) is 19.2. The van der Waals surface area contributed by atoms with Crippen molar-refractivity contribution in [3.05, 3.63) is 61.2 Å². The van der Waals surface area contributed by atoms with E-state index in [9.17, 15) is 4.79 Å². The molecule has 0 aromatic heterocycles. The smallest absolute Gasteiger partial charge is 0.330 e. The summed E-state index contributed by atoms with van der Waals surface area (Å²) >= 11 is 0. The van der Waals surface area contributed by atoms with E-state index in [1.54, 1.807) is 0 Å². The van der Waals surface area contributed by atoms with E-state index < -0.39 is 0 Å². The van der Waals surface area contributed by atoms with Gasteiger partial charge in [0.2, 0.25) is 0 Å². The van der Waals surface area contributed by atoms with Crippen LogP contribution in [0.15, 0.2) is 71.4 Å². The van der Waals surface area contributed by atoms with Crippen molar-refractivity contribution < 1.29 is 19.0 Å². The molecule has 2 aromatic carbocycles. The highest BCUT2D eigenvalue weighted by Crippen LogP contribution is 2.23. The van der Waals surface area contributed by atoms with Gasteiger partial charge in [-0.05, 0) is 80.1 Å². The second-order valence-corrected chi connectivity index (χ2v) is 7.65. The Labute approximate surface area is 191 Å². The molecule has 0 heterocycles. The SMILES string of the molecule is C=CC(=O)OCCCCCCOc1ccc(N=Nc2ccc(OCC(C)CC)cc2)cc1. The van der Waals surface area contributed by atoms with Crippen LogP contribution < -0.4 is 9.47 Å². The summed E-state index contributed by atoms with van der Waals surface area (Å²) in [5, 5.41) is 8.56. The molecule has 2 rings (SSSR count). The zero-order chi connectivity index (χ0) is 23.0. The minimum Gasteiger partial charge on any atom is -0.494 e. The third-order valence-electron chi connectivity index (χ3n) is 4.90. The first-order valence-electron chi connectivity index (χ1n) is 11.3. The van der Waals surface area contributed by atoms with Gasteiger partial charge in [-0.15, -0.1) is 0 Å². The highest BCUT2D eigenvalue weighted by Gasteiger charge is 2.01. The minimum atomic E-state index is -0.365. The molecule has 0 saturated heterocycles. The highest BCUT2D eigenvalue weighted by molar-refractivity contribution is 5.81. The lowest BCUT2D eigenvalue weighted by molar-refractivity contribution is -0.137. The zero-order valence-electron chi connectivity index (χ0n) is 19.2. The normalized spacial score (nSPS) is 11.8. The summed E-state index contributed by atoms with van der Waals surface area (Å²) in [4.78, 5) is 10.9. The molecule has 0 N–H and O–H groups in total.